The van der Waals surface area contributed by atoms with Crippen molar-refractivity contribution in [2.75, 3.05) is 20.2 Å². The van der Waals surface area contributed by atoms with Crippen LogP contribution in [0, 0.1) is 0 Å². The number of carbonyl (C=O) groups excluding carboxylic acids is 1. The number of alkyl halides is 2. The molecule has 0 aliphatic carbocycles. The molecule has 25 heavy (non-hydrogen) atoms. The van der Waals surface area contributed by atoms with E-state index in [4.69, 9.17) is 4.74 Å². The van der Waals surface area contributed by atoms with Gasteiger partial charge in [-0.15, -0.1) is 0 Å². The predicted molar refractivity (Wildman–Crippen MR) is 88.0 cm³/mol. The average molecular weight is 355 g/mol. The maximum absolute atomic E-state index is 12.3. The summed E-state index contributed by atoms with van der Waals surface area (Å²) in [7, 11) is 1.38. The van der Waals surface area contributed by atoms with Gasteiger partial charge in [0, 0.05) is 25.2 Å². The van der Waals surface area contributed by atoms with Gasteiger partial charge >= 0.3 is 12.6 Å². The first kappa shape index (κ1) is 17.7. The van der Waals surface area contributed by atoms with E-state index in [1.165, 1.54) is 19.6 Å². The number of ether oxygens (including phenoxy) is 2. The summed E-state index contributed by atoms with van der Waals surface area (Å²) in [5.74, 6) is 0.176. The molecule has 0 radical (unpaired) electrons. The third-order valence-corrected chi connectivity index (χ3v) is 4.82. The fourth-order valence-corrected chi connectivity index (χ4v) is 3.67. The molecule has 2 aliphatic rings. The van der Waals surface area contributed by atoms with Crippen molar-refractivity contribution >= 4 is 6.03 Å². The molecule has 0 unspecified atom stereocenters. The van der Waals surface area contributed by atoms with E-state index in [1.54, 1.807) is 12.1 Å². The van der Waals surface area contributed by atoms with Crippen molar-refractivity contribution in [3.8, 4) is 11.5 Å². The Bertz CT molecular complexity index is 615. The van der Waals surface area contributed by atoms with Gasteiger partial charge in [0.05, 0.1) is 7.11 Å². The summed E-state index contributed by atoms with van der Waals surface area (Å²) in [6.07, 6.45) is 3.30. The van der Waals surface area contributed by atoms with E-state index < -0.39 is 6.61 Å². The molecule has 2 N–H and O–H groups in total. The van der Waals surface area contributed by atoms with Crippen molar-refractivity contribution < 1.29 is 23.0 Å². The highest BCUT2D eigenvalue weighted by molar-refractivity contribution is 5.74. The van der Waals surface area contributed by atoms with Crippen molar-refractivity contribution in [2.24, 2.45) is 0 Å². The largest absolute Gasteiger partial charge is 0.493 e. The highest BCUT2D eigenvalue weighted by atomic mass is 19.3. The molecule has 138 valence electrons. The molecule has 2 amide bonds. The second kappa shape index (κ2) is 7.86. The van der Waals surface area contributed by atoms with Gasteiger partial charge in [-0.2, -0.15) is 8.78 Å². The Morgan fingerprint density at radius 3 is 2.92 bits per heavy atom. The van der Waals surface area contributed by atoms with Crippen molar-refractivity contribution in [2.45, 2.75) is 44.5 Å². The number of rotatable bonds is 6. The topological polar surface area (TPSA) is 62.8 Å². The Morgan fingerprint density at radius 1 is 1.32 bits per heavy atom. The highest BCUT2D eigenvalue weighted by Gasteiger charge is 2.37. The van der Waals surface area contributed by atoms with E-state index >= 15 is 0 Å². The zero-order chi connectivity index (χ0) is 17.8. The van der Waals surface area contributed by atoms with Crippen molar-refractivity contribution in [3.05, 3.63) is 23.8 Å². The molecule has 1 aromatic rings. The Kier molecular flexibility index (Phi) is 5.57. The third-order valence-electron chi connectivity index (χ3n) is 4.82. The minimum absolute atomic E-state index is 0.0296. The number of amides is 2. The molecule has 2 atom stereocenters. The van der Waals surface area contributed by atoms with Crippen LogP contribution in [0.2, 0.25) is 0 Å². The molecule has 0 aromatic heterocycles. The fraction of sp³-hybridized carbons (Fsp3) is 0.588. The van der Waals surface area contributed by atoms with Gasteiger partial charge in [0.15, 0.2) is 11.5 Å². The van der Waals surface area contributed by atoms with Gasteiger partial charge in [-0.3, -0.25) is 4.90 Å². The zero-order valence-electron chi connectivity index (χ0n) is 14.1. The molecule has 6 nitrogen and oxygen atoms in total. The standard InChI is InChI=1S/C17H23F2N3O3/c1-24-15-9-11(4-5-14(15)25-16(18)19)10-20-17(23)21-12-6-8-22-7-2-3-13(12)22/h4-5,9,12-13,16H,2-3,6-8,10H2,1H3,(H2,20,21,23)/t12-,13-/m1/s1. The lowest BCUT2D eigenvalue weighted by molar-refractivity contribution is -0.0512. The minimum atomic E-state index is -2.91. The summed E-state index contributed by atoms with van der Waals surface area (Å²) in [5, 5.41) is 5.84. The quantitative estimate of drug-likeness (QED) is 0.822. The molecule has 3 rings (SSSR count). The van der Waals surface area contributed by atoms with Crippen LogP contribution in [-0.4, -0.2) is 49.8 Å². The molecule has 2 fully saturated rings. The summed E-state index contributed by atoms with van der Waals surface area (Å²) in [4.78, 5) is 14.6. The summed E-state index contributed by atoms with van der Waals surface area (Å²) in [6.45, 7) is -0.473. The molecule has 1 aromatic carbocycles. The summed E-state index contributed by atoms with van der Waals surface area (Å²) >= 11 is 0. The molecule has 0 bridgehead atoms. The van der Waals surface area contributed by atoms with E-state index in [0.717, 1.165) is 31.5 Å². The van der Waals surface area contributed by atoms with E-state index in [1.807, 2.05) is 0 Å². The Morgan fingerprint density at radius 2 is 2.16 bits per heavy atom. The molecule has 2 saturated heterocycles. The molecule has 2 aliphatic heterocycles. The number of benzene rings is 1. The maximum atomic E-state index is 12.3. The summed E-state index contributed by atoms with van der Waals surface area (Å²) in [6, 6.07) is 5.04. The van der Waals surface area contributed by atoms with Crippen LogP contribution in [0.25, 0.3) is 0 Å². The SMILES string of the molecule is COc1cc(CNC(=O)N[C@@H]2CCN3CCC[C@H]23)ccc1OC(F)F. The van der Waals surface area contributed by atoms with Crippen LogP contribution in [0.4, 0.5) is 13.6 Å². The Labute approximate surface area is 145 Å². The fourth-order valence-electron chi connectivity index (χ4n) is 3.67. The lowest BCUT2D eigenvalue weighted by atomic mass is 10.1. The number of nitrogens with zero attached hydrogens (tertiary/aromatic N) is 1. The smallest absolute Gasteiger partial charge is 0.387 e. The van der Waals surface area contributed by atoms with Crippen molar-refractivity contribution in [1.29, 1.82) is 0 Å². The number of methoxy groups -OCH3 is 1. The van der Waals surface area contributed by atoms with E-state index in [2.05, 4.69) is 20.3 Å². The van der Waals surface area contributed by atoms with Crippen LogP contribution in [0.1, 0.15) is 24.8 Å². The van der Waals surface area contributed by atoms with E-state index in [0.29, 0.717) is 6.04 Å². The maximum Gasteiger partial charge on any atom is 0.387 e. The molecule has 2 heterocycles. The second-order valence-electron chi connectivity index (χ2n) is 6.33. The van der Waals surface area contributed by atoms with Crippen molar-refractivity contribution in [3.63, 3.8) is 0 Å². The number of carbonyl (C=O) groups is 1. The zero-order valence-corrected chi connectivity index (χ0v) is 14.1. The number of halogens is 2. The molecule has 0 saturated carbocycles. The summed E-state index contributed by atoms with van der Waals surface area (Å²) in [5.41, 5.74) is 0.738. The van der Waals surface area contributed by atoms with Gasteiger partial charge in [-0.25, -0.2) is 4.79 Å². The third kappa shape index (κ3) is 4.31. The lowest BCUT2D eigenvalue weighted by Gasteiger charge is -2.21. The first-order valence-corrected chi connectivity index (χ1v) is 8.47. The normalized spacial score (nSPS) is 22.7. The average Bonchev–Trinajstić information content (AvgIpc) is 3.18. The Balaban J connectivity index is 1.51. The lowest BCUT2D eigenvalue weighted by Crippen LogP contribution is -2.46. The van der Waals surface area contributed by atoms with E-state index in [-0.39, 0.29) is 30.1 Å². The second-order valence-corrected chi connectivity index (χ2v) is 6.33. The number of fused-ring (bicyclic) bond motifs is 1. The van der Waals surface area contributed by atoms with Crippen molar-refractivity contribution in [1.82, 2.24) is 15.5 Å². The predicted octanol–water partition coefficient (Wildman–Crippen LogP) is 2.33. The monoisotopic (exact) mass is 355 g/mol. The number of hydrogen-bond acceptors (Lipinski definition) is 4. The van der Waals surface area contributed by atoms with Gasteiger partial charge in [-0.05, 0) is 43.5 Å². The van der Waals surface area contributed by atoms with Gasteiger partial charge in [0.25, 0.3) is 0 Å². The number of nitrogens with one attached hydrogen (secondary N) is 2. The molecular formula is C17H23F2N3O3. The minimum Gasteiger partial charge on any atom is -0.493 e. The van der Waals surface area contributed by atoms with Gasteiger partial charge in [0.1, 0.15) is 0 Å². The van der Waals surface area contributed by atoms with Crippen LogP contribution in [0.3, 0.4) is 0 Å². The van der Waals surface area contributed by atoms with Crippen LogP contribution in [-0.2, 0) is 6.54 Å². The molecule has 0 spiro atoms. The first-order chi connectivity index (χ1) is 12.1. The molecular weight excluding hydrogens is 332 g/mol. The van der Waals surface area contributed by atoms with Gasteiger partial charge in [0.2, 0.25) is 0 Å². The highest BCUT2D eigenvalue weighted by Crippen LogP contribution is 2.30. The van der Waals surface area contributed by atoms with Crippen LogP contribution in [0.15, 0.2) is 18.2 Å². The van der Waals surface area contributed by atoms with E-state index in [9.17, 15) is 13.6 Å². The van der Waals surface area contributed by atoms with Crippen LogP contribution >= 0.6 is 0 Å². The Hall–Kier alpha value is -2.09. The van der Waals surface area contributed by atoms with Crippen LogP contribution < -0.4 is 20.1 Å². The van der Waals surface area contributed by atoms with Crippen LogP contribution in [0.5, 0.6) is 11.5 Å². The first-order valence-electron chi connectivity index (χ1n) is 8.47. The number of hydrogen-bond donors (Lipinski definition) is 2. The molecule has 8 heteroatoms. The van der Waals surface area contributed by atoms with Gasteiger partial charge in [-0.1, -0.05) is 6.07 Å². The summed E-state index contributed by atoms with van der Waals surface area (Å²) < 4.78 is 34.1. The van der Waals surface area contributed by atoms with Gasteiger partial charge < -0.3 is 20.1 Å². The number of urea groups is 1.